The average molecular weight is 367 g/mol. The molecule has 1 aliphatic rings. The van der Waals surface area contributed by atoms with Gasteiger partial charge in [0.15, 0.2) is 0 Å². The fraction of sp³-hybridized carbons (Fsp3) is 0.562. The molecule has 1 saturated heterocycles. The summed E-state index contributed by atoms with van der Waals surface area (Å²) < 4.78 is 39.0. The SMILES string of the molecule is CN(CC(=O)O)C1CCN(Cc2ccccc2C(F)(F)F)CC1.Cl. The maximum Gasteiger partial charge on any atom is 0.416 e. The third kappa shape index (κ3) is 5.65. The second-order valence-electron chi connectivity index (χ2n) is 5.97. The van der Waals surface area contributed by atoms with Crippen LogP contribution in [0.4, 0.5) is 13.2 Å². The molecule has 136 valence electrons. The van der Waals surface area contributed by atoms with Crippen LogP contribution in [0.2, 0.25) is 0 Å². The third-order valence-corrected chi connectivity index (χ3v) is 4.28. The van der Waals surface area contributed by atoms with Gasteiger partial charge in [0.25, 0.3) is 0 Å². The van der Waals surface area contributed by atoms with E-state index in [1.54, 1.807) is 18.0 Å². The molecule has 1 N–H and O–H groups in total. The monoisotopic (exact) mass is 366 g/mol. The van der Waals surface area contributed by atoms with Gasteiger partial charge in [0, 0.05) is 12.6 Å². The molecule has 1 aromatic carbocycles. The number of carboxylic acids is 1. The first-order valence-electron chi connectivity index (χ1n) is 7.57. The van der Waals surface area contributed by atoms with Crippen molar-refractivity contribution in [2.75, 3.05) is 26.7 Å². The van der Waals surface area contributed by atoms with Gasteiger partial charge in [0.2, 0.25) is 0 Å². The minimum absolute atomic E-state index is 0. The van der Waals surface area contributed by atoms with E-state index in [4.69, 9.17) is 5.11 Å². The molecule has 0 bridgehead atoms. The van der Waals surface area contributed by atoms with Crippen LogP contribution in [0.1, 0.15) is 24.0 Å². The summed E-state index contributed by atoms with van der Waals surface area (Å²) in [6, 6.07) is 5.83. The molecule has 1 heterocycles. The van der Waals surface area contributed by atoms with Crippen molar-refractivity contribution >= 4 is 18.4 Å². The fourth-order valence-corrected chi connectivity index (χ4v) is 3.04. The number of likely N-dealkylation sites (N-methyl/N-ethyl adjacent to an activating group) is 1. The largest absolute Gasteiger partial charge is 0.480 e. The summed E-state index contributed by atoms with van der Waals surface area (Å²) in [6.07, 6.45) is -2.81. The van der Waals surface area contributed by atoms with E-state index in [2.05, 4.69) is 0 Å². The number of piperidine rings is 1. The van der Waals surface area contributed by atoms with E-state index in [1.807, 2.05) is 4.90 Å². The van der Waals surface area contributed by atoms with Gasteiger partial charge in [-0.05, 0) is 44.6 Å². The summed E-state index contributed by atoms with van der Waals surface area (Å²) in [5.41, 5.74) is -0.289. The molecule has 0 spiro atoms. The maximum atomic E-state index is 13.0. The highest BCUT2D eigenvalue weighted by molar-refractivity contribution is 5.85. The Morgan fingerprint density at radius 2 is 1.88 bits per heavy atom. The van der Waals surface area contributed by atoms with E-state index in [1.165, 1.54) is 12.1 Å². The van der Waals surface area contributed by atoms with Crippen molar-refractivity contribution in [3.8, 4) is 0 Å². The minimum Gasteiger partial charge on any atom is -0.480 e. The van der Waals surface area contributed by atoms with Crippen LogP contribution in [0.3, 0.4) is 0 Å². The minimum atomic E-state index is -4.34. The highest BCUT2D eigenvalue weighted by atomic mass is 35.5. The molecule has 0 amide bonds. The van der Waals surface area contributed by atoms with E-state index in [0.29, 0.717) is 13.1 Å². The molecule has 1 aliphatic heterocycles. The van der Waals surface area contributed by atoms with Gasteiger partial charge in [-0.3, -0.25) is 14.6 Å². The molecule has 1 fully saturated rings. The standard InChI is InChI=1S/C16H21F3N2O2.ClH/c1-20(11-15(22)23)13-6-8-21(9-7-13)10-12-4-2-3-5-14(12)16(17,18)19;/h2-5,13H,6-11H2,1H3,(H,22,23);1H. The number of carbonyl (C=O) groups is 1. The Balaban J connectivity index is 0.00000288. The van der Waals surface area contributed by atoms with Crippen LogP contribution >= 0.6 is 12.4 Å². The van der Waals surface area contributed by atoms with Crippen molar-refractivity contribution < 1.29 is 23.1 Å². The van der Waals surface area contributed by atoms with Gasteiger partial charge in [-0.25, -0.2) is 0 Å². The fourth-order valence-electron chi connectivity index (χ4n) is 3.04. The lowest BCUT2D eigenvalue weighted by Gasteiger charge is -2.36. The Labute approximate surface area is 145 Å². The lowest BCUT2D eigenvalue weighted by atomic mass is 10.0. The van der Waals surface area contributed by atoms with Crippen molar-refractivity contribution in [2.24, 2.45) is 0 Å². The van der Waals surface area contributed by atoms with Crippen molar-refractivity contribution in [1.29, 1.82) is 0 Å². The number of carboxylic acid groups (broad SMARTS) is 1. The molecule has 1 aromatic rings. The number of aliphatic carboxylic acids is 1. The van der Waals surface area contributed by atoms with Gasteiger partial charge in [-0.1, -0.05) is 18.2 Å². The number of hydrogen-bond donors (Lipinski definition) is 1. The number of rotatable bonds is 5. The van der Waals surface area contributed by atoms with Crippen LogP contribution in [0.15, 0.2) is 24.3 Å². The van der Waals surface area contributed by atoms with Crippen molar-refractivity contribution in [2.45, 2.75) is 31.6 Å². The van der Waals surface area contributed by atoms with Crippen molar-refractivity contribution in [1.82, 2.24) is 9.80 Å². The Bertz CT molecular complexity index is 546. The molecule has 2 rings (SSSR count). The topological polar surface area (TPSA) is 43.8 Å². The summed E-state index contributed by atoms with van der Waals surface area (Å²) in [6.45, 7) is 1.59. The van der Waals surface area contributed by atoms with Crippen LogP contribution in [-0.4, -0.2) is 53.6 Å². The van der Waals surface area contributed by atoms with Crippen molar-refractivity contribution in [3.05, 3.63) is 35.4 Å². The molecular formula is C16H22ClF3N2O2. The molecule has 0 unspecified atom stereocenters. The molecule has 0 aromatic heterocycles. The number of nitrogens with zero attached hydrogens (tertiary/aromatic N) is 2. The Kier molecular flexibility index (Phi) is 7.51. The van der Waals surface area contributed by atoms with Gasteiger partial charge in [0.1, 0.15) is 0 Å². The Morgan fingerprint density at radius 3 is 2.42 bits per heavy atom. The smallest absolute Gasteiger partial charge is 0.416 e. The zero-order valence-corrected chi connectivity index (χ0v) is 14.2. The number of benzene rings is 1. The number of halogens is 4. The first kappa shape index (κ1) is 20.7. The lowest BCUT2D eigenvalue weighted by molar-refractivity contribution is -0.139. The molecule has 24 heavy (non-hydrogen) atoms. The summed E-state index contributed by atoms with van der Waals surface area (Å²) in [5.74, 6) is -0.867. The van der Waals surface area contributed by atoms with E-state index in [0.717, 1.165) is 18.9 Å². The summed E-state index contributed by atoms with van der Waals surface area (Å²) in [7, 11) is 1.77. The van der Waals surface area contributed by atoms with Crippen LogP contribution in [-0.2, 0) is 17.5 Å². The normalized spacial score (nSPS) is 16.9. The van der Waals surface area contributed by atoms with E-state index in [-0.39, 0.29) is 37.1 Å². The molecule has 8 heteroatoms. The molecule has 0 atom stereocenters. The van der Waals surface area contributed by atoms with Crippen LogP contribution in [0, 0.1) is 0 Å². The maximum absolute atomic E-state index is 13.0. The van der Waals surface area contributed by atoms with Crippen molar-refractivity contribution in [3.63, 3.8) is 0 Å². The van der Waals surface area contributed by atoms with Gasteiger partial charge < -0.3 is 5.11 Å². The highest BCUT2D eigenvalue weighted by Gasteiger charge is 2.33. The zero-order chi connectivity index (χ0) is 17.0. The second-order valence-corrected chi connectivity index (χ2v) is 5.97. The summed E-state index contributed by atoms with van der Waals surface area (Å²) >= 11 is 0. The molecule has 0 aliphatic carbocycles. The molecular weight excluding hydrogens is 345 g/mol. The highest BCUT2D eigenvalue weighted by Crippen LogP contribution is 2.32. The number of alkyl halides is 3. The molecule has 0 radical (unpaired) electrons. The summed E-state index contributed by atoms with van der Waals surface area (Å²) in [4.78, 5) is 14.5. The summed E-state index contributed by atoms with van der Waals surface area (Å²) in [5, 5.41) is 8.81. The van der Waals surface area contributed by atoms with Crippen LogP contribution in [0.5, 0.6) is 0 Å². The van der Waals surface area contributed by atoms with Gasteiger partial charge in [0.05, 0.1) is 12.1 Å². The van der Waals surface area contributed by atoms with Gasteiger partial charge in [-0.15, -0.1) is 12.4 Å². The van der Waals surface area contributed by atoms with E-state index in [9.17, 15) is 18.0 Å². The zero-order valence-electron chi connectivity index (χ0n) is 13.4. The average Bonchev–Trinajstić information content (AvgIpc) is 2.46. The molecule has 4 nitrogen and oxygen atoms in total. The Morgan fingerprint density at radius 1 is 1.29 bits per heavy atom. The predicted molar refractivity (Wildman–Crippen MR) is 87.3 cm³/mol. The van der Waals surface area contributed by atoms with E-state index < -0.39 is 17.7 Å². The third-order valence-electron chi connectivity index (χ3n) is 4.28. The number of hydrogen-bond acceptors (Lipinski definition) is 3. The van der Waals surface area contributed by atoms with Gasteiger partial charge >= 0.3 is 12.1 Å². The number of likely N-dealkylation sites (tertiary alicyclic amines) is 1. The van der Waals surface area contributed by atoms with Gasteiger partial charge in [-0.2, -0.15) is 13.2 Å². The first-order valence-corrected chi connectivity index (χ1v) is 7.57. The Hall–Kier alpha value is -1.31. The lowest BCUT2D eigenvalue weighted by Crippen LogP contribution is -2.44. The molecule has 0 saturated carbocycles. The second kappa shape index (κ2) is 8.69. The quantitative estimate of drug-likeness (QED) is 0.869. The predicted octanol–water partition coefficient (Wildman–Crippen LogP) is 3.11. The van der Waals surface area contributed by atoms with Crippen LogP contribution < -0.4 is 0 Å². The first-order chi connectivity index (χ1) is 10.8. The van der Waals surface area contributed by atoms with E-state index >= 15 is 0 Å². The van der Waals surface area contributed by atoms with Crippen LogP contribution in [0.25, 0.3) is 0 Å².